The van der Waals surface area contributed by atoms with Gasteiger partial charge in [-0.1, -0.05) is 17.7 Å². The minimum Gasteiger partial charge on any atom is -0.398 e. The summed E-state index contributed by atoms with van der Waals surface area (Å²) in [7, 11) is -4.27. The van der Waals surface area contributed by atoms with Crippen LogP contribution in [0, 0.1) is 5.82 Å². The fourth-order valence-electron chi connectivity index (χ4n) is 1.44. The molecule has 0 unspecified atom stereocenters. The Kier molecular flexibility index (Phi) is 3.98. The van der Waals surface area contributed by atoms with E-state index in [4.69, 9.17) is 28.9 Å². The molecule has 20 heavy (non-hydrogen) atoms. The lowest BCUT2D eigenvalue weighted by Gasteiger charge is -2.10. The number of sulfonamides is 1. The van der Waals surface area contributed by atoms with Crippen LogP contribution in [0.25, 0.3) is 0 Å². The van der Waals surface area contributed by atoms with Crippen molar-refractivity contribution in [1.29, 1.82) is 0 Å². The van der Waals surface area contributed by atoms with Crippen LogP contribution in [0.3, 0.4) is 0 Å². The van der Waals surface area contributed by atoms with Crippen LogP contribution in [0.1, 0.15) is 0 Å². The van der Waals surface area contributed by atoms with Crippen LogP contribution in [-0.4, -0.2) is 18.4 Å². The summed E-state index contributed by atoms with van der Waals surface area (Å²) in [5, 5.41) is -0.319. The van der Waals surface area contributed by atoms with Crippen LogP contribution < -0.4 is 10.5 Å². The van der Waals surface area contributed by atoms with Crippen molar-refractivity contribution in [3.63, 3.8) is 0 Å². The molecule has 0 atom stereocenters. The quantitative estimate of drug-likeness (QED) is 0.509. The molecule has 1 heterocycles. The number of nitrogens with one attached hydrogen (secondary N) is 1. The molecule has 0 saturated carbocycles. The molecule has 2 aromatic rings. The highest BCUT2D eigenvalue weighted by molar-refractivity contribution is 7.92. The van der Waals surface area contributed by atoms with E-state index in [-0.39, 0.29) is 21.9 Å². The van der Waals surface area contributed by atoms with Gasteiger partial charge < -0.3 is 5.73 Å². The minimum absolute atomic E-state index is 0.0656. The largest absolute Gasteiger partial charge is 0.398 e. The lowest BCUT2D eigenvalue weighted by molar-refractivity contribution is 0.571. The molecule has 2 rings (SSSR count). The van der Waals surface area contributed by atoms with Gasteiger partial charge in [-0.25, -0.2) is 17.8 Å². The lowest BCUT2D eigenvalue weighted by Crippen LogP contribution is -2.17. The van der Waals surface area contributed by atoms with Crippen LogP contribution in [0.15, 0.2) is 29.2 Å². The van der Waals surface area contributed by atoms with Gasteiger partial charge in [0.1, 0.15) is 21.7 Å². The van der Waals surface area contributed by atoms with Gasteiger partial charge >= 0.3 is 0 Å². The molecule has 0 fully saturated rings. The monoisotopic (exact) mass is 336 g/mol. The topological polar surface area (TPSA) is 98.0 Å². The van der Waals surface area contributed by atoms with Crippen LogP contribution in [0.4, 0.5) is 15.9 Å². The van der Waals surface area contributed by atoms with Crippen LogP contribution >= 0.6 is 23.2 Å². The van der Waals surface area contributed by atoms with Gasteiger partial charge in [-0.05, 0) is 23.7 Å². The third-order valence-electron chi connectivity index (χ3n) is 2.17. The molecule has 1 aromatic carbocycles. The second-order valence-electron chi connectivity index (χ2n) is 3.61. The van der Waals surface area contributed by atoms with Gasteiger partial charge in [0.15, 0.2) is 0 Å². The van der Waals surface area contributed by atoms with Crippen molar-refractivity contribution in [2.24, 2.45) is 0 Å². The zero-order valence-electron chi connectivity index (χ0n) is 9.64. The normalized spacial score (nSPS) is 11.3. The standard InChI is InChI=1S/C10H7Cl2FN4O2S/c11-7-4-8(16-10(12)15-7)17-20(18,19)9-5(13)2-1-3-6(9)14/h1-4H,14H2,(H,15,16,17). The predicted octanol–water partition coefficient (Wildman–Crippen LogP) is 2.31. The number of anilines is 2. The van der Waals surface area contributed by atoms with Gasteiger partial charge in [-0.3, -0.25) is 4.72 Å². The van der Waals surface area contributed by atoms with Crippen LogP contribution in [0.2, 0.25) is 10.4 Å². The van der Waals surface area contributed by atoms with Gasteiger partial charge in [0.25, 0.3) is 10.0 Å². The van der Waals surface area contributed by atoms with Crippen molar-refractivity contribution in [3.05, 3.63) is 40.5 Å². The van der Waals surface area contributed by atoms with Gasteiger partial charge in [0.2, 0.25) is 5.28 Å². The number of nitrogens with two attached hydrogens (primary N) is 1. The molecule has 0 bridgehead atoms. The molecule has 0 aliphatic carbocycles. The SMILES string of the molecule is Nc1cccc(F)c1S(=O)(=O)Nc1cc(Cl)nc(Cl)n1. The second-order valence-corrected chi connectivity index (χ2v) is 5.95. The maximum atomic E-state index is 13.6. The second kappa shape index (κ2) is 5.39. The summed E-state index contributed by atoms with van der Waals surface area (Å²) in [5.74, 6) is -1.18. The van der Waals surface area contributed by atoms with E-state index in [1.807, 2.05) is 4.72 Å². The van der Waals surface area contributed by atoms with Crippen LogP contribution in [0.5, 0.6) is 0 Å². The van der Waals surface area contributed by atoms with Gasteiger partial charge in [-0.2, -0.15) is 4.98 Å². The average molecular weight is 337 g/mol. The van der Waals surface area contributed by atoms with Crippen molar-refractivity contribution in [3.8, 4) is 0 Å². The van der Waals surface area contributed by atoms with Crippen LogP contribution in [-0.2, 0) is 10.0 Å². The Morgan fingerprint density at radius 2 is 1.95 bits per heavy atom. The molecule has 1 aromatic heterocycles. The van der Waals surface area contributed by atoms with Crippen molar-refractivity contribution >= 4 is 44.7 Å². The Bertz CT molecular complexity index is 729. The fraction of sp³-hybridized carbons (Fsp3) is 0. The first-order valence-electron chi connectivity index (χ1n) is 5.06. The molecule has 6 nitrogen and oxygen atoms in total. The summed E-state index contributed by atoms with van der Waals surface area (Å²) in [5.41, 5.74) is 5.24. The molecule has 0 aliphatic rings. The minimum atomic E-state index is -4.27. The Balaban J connectivity index is 2.46. The van der Waals surface area contributed by atoms with E-state index in [9.17, 15) is 12.8 Å². The summed E-state index contributed by atoms with van der Waals surface area (Å²) < 4.78 is 39.8. The number of benzene rings is 1. The van der Waals surface area contributed by atoms with Gasteiger partial charge in [0.05, 0.1) is 5.69 Å². The van der Waals surface area contributed by atoms with E-state index < -0.39 is 20.7 Å². The number of nitrogen functional groups attached to an aromatic ring is 1. The summed E-state index contributed by atoms with van der Waals surface area (Å²) in [6, 6.07) is 4.66. The number of nitrogens with zero attached hydrogens (tertiary/aromatic N) is 2. The van der Waals surface area contributed by atoms with E-state index in [2.05, 4.69) is 9.97 Å². The lowest BCUT2D eigenvalue weighted by atomic mass is 10.3. The highest BCUT2D eigenvalue weighted by atomic mass is 35.5. The Morgan fingerprint density at radius 1 is 1.25 bits per heavy atom. The number of hydrogen-bond acceptors (Lipinski definition) is 5. The van der Waals surface area contributed by atoms with Crippen molar-refractivity contribution in [1.82, 2.24) is 9.97 Å². The molecule has 3 N–H and O–H groups in total. The zero-order valence-corrected chi connectivity index (χ0v) is 12.0. The van der Waals surface area contributed by atoms with Crippen molar-refractivity contribution in [2.45, 2.75) is 4.90 Å². The molecule has 106 valence electrons. The summed E-state index contributed by atoms with van der Waals surface area (Å²) in [4.78, 5) is 6.50. The zero-order chi connectivity index (χ0) is 14.9. The molecule has 10 heteroatoms. The third kappa shape index (κ3) is 3.09. The third-order valence-corrected chi connectivity index (χ3v) is 3.98. The highest BCUT2D eigenvalue weighted by Gasteiger charge is 2.23. The summed E-state index contributed by atoms with van der Waals surface area (Å²) in [6.07, 6.45) is 0. The van der Waals surface area contributed by atoms with E-state index >= 15 is 0 Å². The first-order valence-corrected chi connectivity index (χ1v) is 7.30. The Labute approximate surface area is 123 Å². The van der Waals surface area contributed by atoms with E-state index in [1.54, 1.807) is 0 Å². The summed E-state index contributed by atoms with van der Waals surface area (Å²) in [6.45, 7) is 0. The Morgan fingerprint density at radius 3 is 2.55 bits per heavy atom. The predicted molar refractivity (Wildman–Crippen MR) is 73.7 cm³/mol. The smallest absolute Gasteiger partial charge is 0.268 e. The molecule has 0 saturated heterocycles. The maximum absolute atomic E-state index is 13.6. The van der Waals surface area contributed by atoms with Crippen molar-refractivity contribution in [2.75, 3.05) is 10.5 Å². The maximum Gasteiger partial charge on any atom is 0.268 e. The molecular formula is C10H7Cl2FN4O2S. The van der Waals surface area contributed by atoms with Gasteiger partial charge in [-0.15, -0.1) is 0 Å². The fourth-order valence-corrected chi connectivity index (χ4v) is 3.03. The number of hydrogen-bond donors (Lipinski definition) is 2. The van der Waals surface area contributed by atoms with E-state index in [0.717, 1.165) is 12.1 Å². The summed E-state index contributed by atoms with van der Waals surface area (Å²) >= 11 is 11.2. The number of halogens is 3. The first kappa shape index (κ1) is 14.8. The molecule has 0 aliphatic heterocycles. The van der Waals surface area contributed by atoms with Crippen molar-refractivity contribution < 1.29 is 12.8 Å². The highest BCUT2D eigenvalue weighted by Crippen LogP contribution is 2.24. The number of rotatable bonds is 3. The number of aromatic nitrogens is 2. The van der Waals surface area contributed by atoms with Gasteiger partial charge in [0, 0.05) is 6.07 Å². The Hall–Kier alpha value is -1.64. The van der Waals surface area contributed by atoms with E-state index in [0.29, 0.717) is 0 Å². The molecule has 0 radical (unpaired) electrons. The molecule has 0 amide bonds. The van der Waals surface area contributed by atoms with E-state index in [1.165, 1.54) is 12.1 Å². The first-order chi connectivity index (χ1) is 9.29. The average Bonchev–Trinajstić information content (AvgIpc) is 2.25. The molecule has 0 spiro atoms. The molecular weight excluding hydrogens is 330 g/mol.